The van der Waals surface area contributed by atoms with Gasteiger partial charge in [-0.1, -0.05) is 25.1 Å². The minimum Gasteiger partial charge on any atom is -0.493 e. The molecule has 0 bridgehead atoms. The fraction of sp³-hybridized carbons (Fsp3) is 0.240. The number of ether oxygens (including phenoxy) is 1. The molecule has 2 aromatic heterocycles. The number of aliphatic carboxylic acids is 1. The molecule has 0 saturated heterocycles. The van der Waals surface area contributed by atoms with Crippen molar-refractivity contribution in [1.82, 2.24) is 9.97 Å². The molecule has 33 heavy (non-hydrogen) atoms. The Morgan fingerprint density at radius 3 is 2.82 bits per heavy atom. The first-order valence-electron chi connectivity index (χ1n) is 10.7. The first-order valence-corrected chi connectivity index (χ1v) is 11.6. The Labute approximate surface area is 195 Å². The van der Waals surface area contributed by atoms with Crippen LogP contribution in [0.25, 0.3) is 21.3 Å². The summed E-state index contributed by atoms with van der Waals surface area (Å²) in [6.45, 7) is 3.01. The number of hydrogen-bond acceptors (Lipinski definition) is 6. The zero-order valence-corrected chi connectivity index (χ0v) is 19.0. The van der Waals surface area contributed by atoms with Gasteiger partial charge in [0.25, 0.3) is 0 Å². The van der Waals surface area contributed by atoms with Crippen molar-refractivity contribution in [2.75, 3.05) is 18.5 Å². The number of carboxylic acids is 1. The second-order valence-corrected chi connectivity index (χ2v) is 8.53. The van der Waals surface area contributed by atoms with Gasteiger partial charge in [-0.15, -0.1) is 11.3 Å². The van der Waals surface area contributed by atoms with Gasteiger partial charge in [-0.3, -0.25) is 4.79 Å². The standard InChI is InChI=1S/C25H24FN3O3S/c1-2-10-32-21-12-17(3-4-18(21)13-24(30)31)20-14-23(29-15-28-20)27-9-7-16-5-6-22-19(25(16)26)8-11-33-22/h3-6,8,11-12,14-15H,2,7,9-10,13H2,1H3,(H,30,31)(H,27,28,29). The summed E-state index contributed by atoms with van der Waals surface area (Å²) in [6.07, 6.45) is 2.70. The summed E-state index contributed by atoms with van der Waals surface area (Å²) in [7, 11) is 0. The number of thiophene rings is 1. The van der Waals surface area contributed by atoms with E-state index in [0.717, 1.165) is 16.7 Å². The monoisotopic (exact) mass is 465 g/mol. The highest BCUT2D eigenvalue weighted by Crippen LogP contribution is 2.28. The van der Waals surface area contributed by atoms with Gasteiger partial charge in [0.1, 0.15) is 23.7 Å². The Hall–Kier alpha value is -3.52. The zero-order valence-electron chi connectivity index (χ0n) is 18.2. The second kappa shape index (κ2) is 10.4. The first kappa shape index (κ1) is 22.7. The third-order valence-electron chi connectivity index (χ3n) is 5.18. The lowest BCUT2D eigenvalue weighted by atomic mass is 10.1. The van der Waals surface area contributed by atoms with Gasteiger partial charge >= 0.3 is 5.97 Å². The summed E-state index contributed by atoms with van der Waals surface area (Å²) >= 11 is 1.53. The van der Waals surface area contributed by atoms with Crippen LogP contribution in [0.5, 0.6) is 5.75 Å². The number of halogens is 1. The molecule has 6 nitrogen and oxygen atoms in total. The Kier molecular flexibility index (Phi) is 7.14. The lowest BCUT2D eigenvalue weighted by Gasteiger charge is -2.12. The van der Waals surface area contributed by atoms with Crippen LogP contribution < -0.4 is 10.1 Å². The lowest BCUT2D eigenvalue weighted by molar-refractivity contribution is -0.136. The van der Waals surface area contributed by atoms with E-state index in [2.05, 4.69) is 15.3 Å². The maximum absolute atomic E-state index is 14.7. The van der Waals surface area contributed by atoms with E-state index in [9.17, 15) is 9.18 Å². The molecule has 0 spiro atoms. The highest BCUT2D eigenvalue weighted by atomic mass is 32.1. The van der Waals surface area contributed by atoms with Crippen molar-refractivity contribution < 1.29 is 19.0 Å². The predicted molar refractivity (Wildman–Crippen MR) is 129 cm³/mol. The molecule has 8 heteroatoms. The van der Waals surface area contributed by atoms with Crippen LogP contribution in [0, 0.1) is 5.82 Å². The molecule has 2 aromatic carbocycles. The summed E-state index contributed by atoms with van der Waals surface area (Å²) in [5.74, 6) is 0.0963. The fourth-order valence-corrected chi connectivity index (χ4v) is 4.34. The van der Waals surface area contributed by atoms with Crippen LogP contribution in [0.4, 0.5) is 10.2 Å². The van der Waals surface area contributed by atoms with E-state index < -0.39 is 5.97 Å². The Bertz CT molecular complexity index is 1270. The predicted octanol–water partition coefficient (Wildman–Crippen LogP) is 5.57. The molecule has 0 amide bonds. The van der Waals surface area contributed by atoms with Crippen LogP contribution >= 0.6 is 11.3 Å². The van der Waals surface area contributed by atoms with Crippen LogP contribution in [0.2, 0.25) is 0 Å². The molecule has 0 aliphatic carbocycles. The number of hydrogen-bond donors (Lipinski definition) is 2. The number of anilines is 1. The van der Waals surface area contributed by atoms with Crippen LogP contribution in [-0.2, 0) is 17.6 Å². The van der Waals surface area contributed by atoms with Crippen LogP contribution in [0.15, 0.2) is 54.2 Å². The number of carbonyl (C=O) groups is 1. The maximum Gasteiger partial charge on any atom is 0.307 e. The van der Waals surface area contributed by atoms with E-state index in [1.807, 2.05) is 48.7 Å². The zero-order chi connectivity index (χ0) is 23.2. The van der Waals surface area contributed by atoms with E-state index in [-0.39, 0.29) is 12.2 Å². The first-order chi connectivity index (χ1) is 16.0. The van der Waals surface area contributed by atoms with E-state index >= 15 is 0 Å². The molecular weight excluding hydrogens is 441 g/mol. The van der Waals surface area contributed by atoms with Crippen LogP contribution in [0.3, 0.4) is 0 Å². The Balaban J connectivity index is 1.47. The van der Waals surface area contributed by atoms with E-state index in [4.69, 9.17) is 9.84 Å². The SMILES string of the molecule is CCCOc1cc(-c2cc(NCCc3ccc4sccc4c3F)ncn2)ccc1CC(=O)O. The molecule has 0 aliphatic heterocycles. The summed E-state index contributed by atoms with van der Waals surface area (Å²) in [5.41, 5.74) is 2.77. The number of benzene rings is 2. The molecule has 0 saturated carbocycles. The van der Waals surface area contributed by atoms with Crippen molar-refractivity contribution in [3.05, 3.63) is 71.1 Å². The topological polar surface area (TPSA) is 84.3 Å². The number of nitrogens with zero attached hydrogens (tertiary/aromatic N) is 2. The molecule has 0 radical (unpaired) electrons. The summed E-state index contributed by atoms with van der Waals surface area (Å²) in [6, 6.07) is 12.8. The molecule has 0 fully saturated rings. The molecule has 0 aliphatic rings. The summed E-state index contributed by atoms with van der Waals surface area (Å²) in [4.78, 5) is 19.8. The van der Waals surface area contributed by atoms with E-state index in [0.29, 0.717) is 53.3 Å². The van der Waals surface area contributed by atoms with Gasteiger partial charge in [0.15, 0.2) is 0 Å². The summed E-state index contributed by atoms with van der Waals surface area (Å²) < 4.78 is 21.4. The van der Waals surface area contributed by atoms with Gasteiger partial charge in [0, 0.05) is 33.8 Å². The Morgan fingerprint density at radius 1 is 1.15 bits per heavy atom. The van der Waals surface area contributed by atoms with Gasteiger partial charge < -0.3 is 15.2 Å². The van der Waals surface area contributed by atoms with Crippen molar-refractivity contribution in [2.45, 2.75) is 26.2 Å². The lowest BCUT2D eigenvalue weighted by Crippen LogP contribution is -2.08. The second-order valence-electron chi connectivity index (χ2n) is 7.58. The third kappa shape index (κ3) is 5.46. The normalized spacial score (nSPS) is 11.0. The van der Waals surface area contributed by atoms with Crippen molar-refractivity contribution in [3.63, 3.8) is 0 Å². The number of rotatable bonds is 10. The molecular formula is C25H24FN3O3S. The minimum absolute atomic E-state index is 0.108. The highest BCUT2D eigenvalue weighted by Gasteiger charge is 2.12. The molecule has 4 aromatic rings. The third-order valence-corrected chi connectivity index (χ3v) is 6.07. The minimum atomic E-state index is -0.910. The van der Waals surface area contributed by atoms with Gasteiger partial charge in [-0.25, -0.2) is 14.4 Å². The molecule has 2 heterocycles. The molecule has 4 rings (SSSR count). The van der Waals surface area contributed by atoms with Crippen molar-refractivity contribution >= 4 is 33.2 Å². The van der Waals surface area contributed by atoms with Crippen LogP contribution in [-0.4, -0.2) is 34.2 Å². The average molecular weight is 466 g/mol. The van der Waals surface area contributed by atoms with E-state index in [1.54, 1.807) is 6.07 Å². The highest BCUT2D eigenvalue weighted by molar-refractivity contribution is 7.17. The van der Waals surface area contributed by atoms with Gasteiger partial charge in [0.2, 0.25) is 0 Å². The number of carboxylic acid groups (broad SMARTS) is 1. The fourth-order valence-electron chi connectivity index (χ4n) is 3.55. The summed E-state index contributed by atoms with van der Waals surface area (Å²) in [5, 5.41) is 14.9. The molecule has 170 valence electrons. The smallest absolute Gasteiger partial charge is 0.307 e. The largest absolute Gasteiger partial charge is 0.493 e. The van der Waals surface area contributed by atoms with Crippen molar-refractivity contribution in [3.8, 4) is 17.0 Å². The average Bonchev–Trinajstić information content (AvgIpc) is 3.29. The van der Waals surface area contributed by atoms with E-state index in [1.165, 1.54) is 17.7 Å². The number of fused-ring (bicyclic) bond motifs is 1. The van der Waals surface area contributed by atoms with Gasteiger partial charge in [-0.05, 0) is 42.0 Å². The van der Waals surface area contributed by atoms with Crippen LogP contribution in [0.1, 0.15) is 24.5 Å². The number of aromatic nitrogens is 2. The maximum atomic E-state index is 14.7. The quantitative estimate of drug-likeness (QED) is 0.319. The molecule has 2 N–H and O–H groups in total. The molecule has 0 atom stereocenters. The van der Waals surface area contributed by atoms with Gasteiger partial charge in [-0.2, -0.15) is 0 Å². The molecule has 0 unspecified atom stereocenters. The Morgan fingerprint density at radius 2 is 2.00 bits per heavy atom. The van der Waals surface area contributed by atoms with Crippen molar-refractivity contribution in [2.24, 2.45) is 0 Å². The van der Waals surface area contributed by atoms with Gasteiger partial charge in [0.05, 0.1) is 18.7 Å². The number of nitrogens with one attached hydrogen (secondary N) is 1. The van der Waals surface area contributed by atoms with Crippen molar-refractivity contribution in [1.29, 1.82) is 0 Å².